The van der Waals surface area contributed by atoms with Crippen LogP contribution in [0, 0.1) is 20.2 Å². The minimum Gasteiger partial charge on any atom is -0.426 e. The van der Waals surface area contributed by atoms with Crippen molar-refractivity contribution in [3.63, 3.8) is 0 Å². The van der Waals surface area contributed by atoms with Gasteiger partial charge < -0.3 is 19.1 Å². The molecule has 0 saturated carbocycles. The van der Waals surface area contributed by atoms with Crippen molar-refractivity contribution in [1.82, 2.24) is 0 Å². The van der Waals surface area contributed by atoms with E-state index in [9.17, 15) is 42.8 Å². The third-order valence-electron chi connectivity index (χ3n) is 5.00. The highest BCUT2D eigenvalue weighted by Crippen LogP contribution is 2.29. The summed E-state index contributed by atoms with van der Waals surface area (Å²) in [5.41, 5.74) is 1.66. The van der Waals surface area contributed by atoms with Crippen LogP contribution in [0.4, 0.5) is 0 Å². The predicted octanol–water partition coefficient (Wildman–Crippen LogP) is 2.65. The molecule has 16 heteroatoms. The van der Waals surface area contributed by atoms with Crippen molar-refractivity contribution in [2.45, 2.75) is 31.0 Å². The van der Waals surface area contributed by atoms with E-state index in [1.807, 2.05) is 0 Å². The molecule has 3 aromatic rings. The fourth-order valence-corrected chi connectivity index (χ4v) is 4.04. The molecule has 0 saturated heterocycles. The minimum atomic E-state index is -4.93. The van der Waals surface area contributed by atoms with Crippen molar-refractivity contribution >= 4 is 22.1 Å². The fourth-order valence-electron chi connectivity index (χ4n) is 3.41. The summed E-state index contributed by atoms with van der Waals surface area (Å²) in [4.78, 5) is 53.3. The quantitative estimate of drug-likeness (QED) is 0.102. The SMILES string of the molecule is O=C(Cc1cccc(CO[N+](=O)[O-])c1)Oc1ccc(OC(=O)Cc2cccc(CO[N+](=O)[O-])c2)c(S(=O)(=O)O)c1. The van der Waals surface area contributed by atoms with Crippen molar-refractivity contribution in [3.05, 3.63) is 109 Å². The second-order valence-corrected chi connectivity index (χ2v) is 9.41. The molecule has 0 aliphatic rings. The Morgan fingerprint density at radius 2 is 1.20 bits per heavy atom. The first kappa shape index (κ1) is 29.5. The number of carbonyl (C=O) groups excluding carboxylic acids is 2. The van der Waals surface area contributed by atoms with Crippen molar-refractivity contribution in [1.29, 1.82) is 0 Å². The Labute approximate surface area is 225 Å². The third-order valence-corrected chi connectivity index (χ3v) is 5.88. The van der Waals surface area contributed by atoms with Crippen LogP contribution in [0.2, 0.25) is 0 Å². The maximum atomic E-state index is 12.4. The van der Waals surface area contributed by atoms with Gasteiger partial charge in [0.2, 0.25) is 0 Å². The molecule has 3 aromatic carbocycles. The van der Waals surface area contributed by atoms with Crippen LogP contribution in [0.1, 0.15) is 22.3 Å². The van der Waals surface area contributed by atoms with E-state index >= 15 is 0 Å². The van der Waals surface area contributed by atoms with Crippen LogP contribution < -0.4 is 9.47 Å². The molecule has 0 fully saturated rings. The number of ether oxygens (including phenoxy) is 2. The Bertz CT molecular complexity index is 1540. The maximum absolute atomic E-state index is 12.4. The lowest BCUT2D eigenvalue weighted by Crippen LogP contribution is -2.15. The highest BCUT2D eigenvalue weighted by molar-refractivity contribution is 7.86. The van der Waals surface area contributed by atoms with E-state index in [4.69, 9.17) is 9.47 Å². The van der Waals surface area contributed by atoms with Crippen molar-refractivity contribution in [2.24, 2.45) is 0 Å². The summed E-state index contributed by atoms with van der Waals surface area (Å²) in [7, 11) is -4.93. The lowest BCUT2D eigenvalue weighted by molar-refractivity contribution is -0.763. The summed E-state index contributed by atoms with van der Waals surface area (Å²) in [6, 6.07) is 15.2. The lowest BCUT2D eigenvalue weighted by Gasteiger charge is -2.11. The molecular weight excluding hydrogens is 556 g/mol. The molecule has 0 unspecified atom stereocenters. The Kier molecular flexibility index (Phi) is 9.66. The Morgan fingerprint density at radius 3 is 1.68 bits per heavy atom. The smallest absolute Gasteiger partial charge is 0.315 e. The standard InChI is InChI=1S/C24H20N2O13S/c27-23(11-16-3-1-5-18(9-16)14-36-25(29)30)38-20-7-8-21(22(13-20)40(33,34)35)39-24(28)12-17-4-2-6-19(10-17)15-37-26(31)32/h1-10,13H,11-12,14-15H2,(H,33,34,35). The number of rotatable bonds is 13. The third kappa shape index (κ3) is 9.34. The number of esters is 2. The van der Waals surface area contributed by atoms with Gasteiger partial charge in [-0.2, -0.15) is 8.42 Å². The molecule has 15 nitrogen and oxygen atoms in total. The Balaban J connectivity index is 1.68. The largest absolute Gasteiger partial charge is 0.426 e. The van der Waals surface area contributed by atoms with E-state index < -0.39 is 42.9 Å². The summed E-state index contributed by atoms with van der Waals surface area (Å²) < 4.78 is 43.8. The van der Waals surface area contributed by atoms with E-state index in [0.29, 0.717) is 22.3 Å². The van der Waals surface area contributed by atoms with E-state index in [0.717, 1.165) is 18.2 Å². The summed E-state index contributed by atoms with van der Waals surface area (Å²) in [6.45, 7) is -0.667. The molecule has 0 aliphatic carbocycles. The van der Waals surface area contributed by atoms with Gasteiger partial charge >= 0.3 is 11.9 Å². The average molecular weight is 576 g/mol. The van der Waals surface area contributed by atoms with E-state index in [2.05, 4.69) is 9.68 Å². The molecule has 0 aliphatic heterocycles. The minimum absolute atomic E-state index is 0.274. The summed E-state index contributed by atoms with van der Waals surface area (Å²) >= 11 is 0. The van der Waals surface area contributed by atoms with Crippen LogP contribution in [0.25, 0.3) is 0 Å². The first-order chi connectivity index (χ1) is 18.9. The van der Waals surface area contributed by atoms with E-state index in [-0.39, 0.29) is 31.8 Å². The van der Waals surface area contributed by atoms with Gasteiger partial charge in [-0.05, 0) is 34.4 Å². The molecule has 0 spiro atoms. The van der Waals surface area contributed by atoms with Crippen LogP contribution in [0.5, 0.6) is 11.5 Å². The Hall–Kier alpha value is -5.09. The molecule has 3 rings (SSSR count). The van der Waals surface area contributed by atoms with Crippen molar-refractivity contribution in [2.75, 3.05) is 0 Å². The van der Waals surface area contributed by atoms with Crippen LogP contribution in [-0.2, 0) is 55.4 Å². The lowest BCUT2D eigenvalue weighted by atomic mass is 10.1. The van der Waals surface area contributed by atoms with Crippen molar-refractivity contribution in [3.8, 4) is 11.5 Å². The monoisotopic (exact) mass is 576 g/mol. The molecule has 0 aromatic heterocycles. The average Bonchev–Trinajstić information content (AvgIpc) is 2.87. The van der Waals surface area contributed by atoms with Crippen LogP contribution in [0.3, 0.4) is 0 Å². The second-order valence-electron chi connectivity index (χ2n) is 8.02. The van der Waals surface area contributed by atoms with Gasteiger partial charge in [-0.1, -0.05) is 48.5 Å². The molecule has 0 radical (unpaired) electrons. The predicted molar refractivity (Wildman–Crippen MR) is 131 cm³/mol. The number of hydrogen-bond donors (Lipinski definition) is 1. The first-order valence-corrected chi connectivity index (χ1v) is 12.6. The maximum Gasteiger partial charge on any atom is 0.315 e. The van der Waals surface area contributed by atoms with Gasteiger partial charge in [0.1, 0.15) is 23.9 Å². The van der Waals surface area contributed by atoms with E-state index in [1.165, 1.54) is 30.3 Å². The number of benzene rings is 3. The Morgan fingerprint density at radius 1 is 0.725 bits per heavy atom. The van der Waals surface area contributed by atoms with Gasteiger partial charge in [0.05, 0.1) is 12.8 Å². The normalized spacial score (nSPS) is 10.8. The number of nitrogens with zero attached hydrogens (tertiary/aromatic N) is 2. The van der Waals surface area contributed by atoms with Crippen LogP contribution in [0.15, 0.2) is 71.6 Å². The zero-order valence-electron chi connectivity index (χ0n) is 20.3. The molecule has 1 N–H and O–H groups in total. The molecule has 210 valence electrons. The number of hydrogen-bond acceptors (Lipinski definition) is 12. The molecule has 0 atom stereocenters. The van der Waals surface area contributed by atoms with Crippen LogP contribution in [-0.4, -0.2) is 35.1 Å². The molecule has 40 heavy (non-hydrogen) atoms. The number of carbonyl (C=O) groups is 2. The highest BCUT2D eigenvalue weighted by Gasteiger charge is 2.21. The van der Waals surface area contributed by atoms with Gasteiger partial charge in [0.25, 0.3) is 20.3 Å². The van der Waals surface area contributed by atoms with E-state index in [1.54, 1.807) is 18.2 Å². The van der Waals surface area contributed by atoms with Gasteiger partial charge in [0, 0.05) is 6.07 Å². The molecule has 0 heterocycles. The zero-order valence-corrected chi connectivity index (χ0v) is 21.1. The summed E-state index contributed by atoms with van der Waals surface area (Å²) in [5.74, 6) is -2.54. The molecule has 0 bridgehead atoms. The molecule has 0 amide bonds. The summed E-state index contributed by atoms with van der Waals surface area (Å²) in [6.07, 6.45) is -0.629. The van der Waals surface area contributed by atoms with Gasteiger partial charge in [0.15, 0.2) is 5.75 Å². The van der Waals surface area contributed by atoms with Gasteiger partial charge in [-0.3, -0.25) is 14.1 Å². The van der Waals surface area contributed by atoms with Crippen molar-refractivity contribution < 1.29 is 51.9 Å². The van der Waals surface area contributed by atoms with Gasteiger partial charge in [-0.15, -0.1) is 20.2 Å². The summed E-state index contributed by atoms with van der Waals surface area (Å²) in [5, 5.41) is 18.8. The fraction of sp³-hybridized carbons (Fsp3) is 0.167. The molecular formula is C24H20N2O13S. The van der Waals surface area contributed by atoms with Gasteiger partial charge in [-0.25, -0.2) is 0 Å². The highest BCUT2D eigenvalue weighted by atomic mass is 32.2. The topological polar surface area (TPSA) is 212 Å². The van der Waals surface area contributed by atoms with Crippen LogP contribution >= 0.6 is 0 Å². The first-order valence-electron chi connectivity index (χ1n) is 11.1. The second kappa shape index (κ2) is 13.1. The zero-order chi connectivity index (χ0) is 29.3.